The fraction of sp³-hybridized carbons (Fsp3) is 0.923. The zero-order valence-corrected chi connectivity index (χ0v) is 11.4. The Morgan fingerprint density at radius 3 is 2.47 bits per heavy atom. The van der Waals surface area contributed by atoms with E-state index < -0.39 is 0 Å². The molecule has 3 N–H and O–H groups in total. The second-order valence-corrected chi connectivity index (χ2v) is 5.20. The molecular formula is C13H27N3O. The van der Waals surface area contributed by atoms with E-state index >= 15 is 0 Å². The molecule has 0 aromatic carbocycles. The molecule has 1 amide bonds. The van der Waals surface area contributed by atoms with Crippen LogP contribution in [0.15, 0.2) is 0 Å². The molecule has 1 aliphatic carbocycles. The lowest BCUT2D eigenvalue weighted by molar-refractivity contribution is -0.123. The van der Waals surface area contributed by atoms with Crippen molar-refractivity contribution < 1.29 is 4.79 Å². The van der Waals surface area contributed by atoms with Gasteiger partial charge in [-0.15, -0.1) is 0 Å². The van der Waals surface area contributed by atoms with Crippen LogP contribution in [0.3, 0.4) is 0 Å². The molecule has 100 valence electrons. The van der Waals surface area contributed by atoms with Gasteiger partial charge in [-0.1, -0.05) is 6.92 Å². The van der Waals surface area contributed by atoms with Crippen LogP contribution in [0.5, 0.6) is 0 Å². The molecule has 1 atom stereocenters. The average Bonchev–Trinajstić information content (AvgIpc) is 2.35. The Balaban J connectivity index is 2.33. The fourth-order valence-corrected chi connectivity index (χ4v) is 2.55. The molecule has 1 unspecified atom stereocenters. The molecule has 1 rings (SSSR count). The third-order valence-corrected chi connectivity index (χ3v) is 3.98. The molecule has 17 heavy (non-hydrogen) atoms. The second-order valence-electron chi connectivity index (χ2n) is 5.20. The number of carbonyl (C=O) groups is 1. The average molecular weight is 241 g/mol. The lowest BCUT2D eigenvalue weighted by Gasteiger charge is -2.37. The second kappa shape index (κ2) is 6.97. The minimum absolute atomic E-state index is 0.153. The Hall–Kier alpha value is -0.610. The first-order chi connectivity index (χ1) is 8.06. The van der Waals surface area contributed by atoms with Crippen molar-refractivity contribution in [1.82, 2.24) is 10.2 Å². The van der Waals surface area contributed by atoms with Crippen LogP contribution in [0.25, 0.3) is 0 Å². The van der Waals surface area contributed by atoms with Gasteiger partial charge in [-0.05, 0) is 52.6 Å². The molecule has 1 aliphatic rings. The van der Waals surface area contributed by atoms with E-state index in [1.165, 1.54) is 19.3 Å². The highest BCUT2D eigenvalue weighted by Gasteiger charge is 2.27. The molecule has 4 nitrogen and oxygen atoms in total. The number of carbonyl (C=O) groups excluding carboxylic acids is 1. The summed E-state index contributed by atoms with van der Waals surface area (Å²) < 4.78 is 0. The normalized spacial score (nSPS) is 27.1. The van der Waals surface area contributed by atoms with Crippen molar-refractivity contribution in [3.8, 4) is 0 Å². The summed E-state index contributed by atoms with van der Waals surface area (Å²) in [5.41, 5.74) is 5.34. The van der Waals surface area contributed by atoms with Crippen molar-refractivity contribution in [3.05, 3.63) is 0 Å². The number of hydrogen-bond donors (Lipinski definition) is 2. The van der Waals surface area contributed by atoms with Gasteiger partial charge in [0, 0.05) is 12.1 Å². The lowest BCUT2D eigenvalue weighted by Crippen LogP contribution is -2.48. The van der Waals surface area contributed by atoms with Crippen molar-refractivity contribution in [1.29, 1.82) is 0 Å². The van der Waals surface area contributed by atoms with Gasteiger partial charge in [-0.2, -0.15) is 0 Å². The van der Waals surface area contributed by atoms with E-state index in [4.69, 9.17) is 5.73 Å². The summed E-state index contributed by atoms with van der Waals surface area (Å²) in [4.78, 5) is 13.3. The summed E-state index contributed by atoms with van der Waals surface area (Å²) in [5, 5.41) is 3.57. The van der Waals surface area contributed by atoms with Crippen LogP contribution in [0.4, 0.5) is 0 Å². The minimum atomic E-state index is -0.223. The highest BCUT2D eigenvalue weighted by atomic mass is 16.1. The Kier molecular flexibility index (Phi) is 5.92. The fourth-order valence-electron chi connectivity index (χ4n) is 2.55. The van der Waals surface area contributed by atoms with Crippen LogP contribution < -0.4 is 11.1 Å². The molecule has 0 aromatic heterocycles. The highest BCUT2D eigenvalue weighted by molar-refractivity contribution is 5.79. The molecule has 0 spiro atoms. The van der Waals surface area contributed by atoms with Crippen LogP contribution in [0.1, 0.15) is 46.0 Å². The van der Waals surface area contributed by atoms with Crippen LogP contribution in [0.2, 0.25) is 0 Å². The molecule has 1 saturated carbocycles. The van der Waals surface area contributed by atoms with Crippen molar-refractivity contribution in [2.24, 2.45) is 5.73 Å². The summed E-state index contributed by atoms with van der Waals surface area (Å²) >= 11 is 0. The van der Waals surface area contributed by atoms with Crippen LogP contribution in [-0.4, -0.2) is 42.5 Å². The number of nitrogens with two attached hydrogens (primary N) is 1. The van der Waals surface area contributed by atoms with E-state index in [1.54, 1.807) is 0 Å². The molecule has 0 aromatic rings. The maximum absolute atomic E-state index is 11.2. The maximum atomic E-state index is 11.2. The number of nitrogens with one attached hydrogen (secondary N) is 1. The maximum Gasteiger partial charge on any atom is 0.234 e. The Bertz CT molecular complexity index is 237. The number of amides is 1. The predicted molar refractivity (Wildman–Crippen MR) is 70.8 cm³/mol. The number of rotatable bonds is 6. The van der Waals surface area contributed by atoms with Gasteiger partial charge in [-0.3, -0.25) is 9.69 Å². The summed E-state index contributed by atoms with van der Waals surface area (Å²) in [7, 11) is 2.01. The summed E-state index contributed by atoms with van der Waals surface area (Å²) in [6.07, 6.45) is 5.94. The standard InChI is InChI=1S/C13H27N3O/c1-4-9-15-11-5-7-12(8-6-11)16(3)10(2)13(14)17/h10-12,15H,4-9H2,1-3H3,(H2,14,17). The zero-order chi connectivity index (χ0) is 12.8. The smallest absolute Gasteiger partial charge is 0.234 e. The first kappa shape index (κ1) is 14.5. The number of likely N-dealkylation sites (N-methyl/N-ethyl adjacent to an activating group) is 1. The van der Waals surface area contributed by atoms with Gasteiger partial charge in [0.1, 0.15) is 0 Å². The molecule has 0 bridgehead atoms. The summed E-state index contributed by atoms with van der Waals surface area (Å²) in [6.45, 7) is 5.20. The van der Waals surface area contributed by atoms with Crippen LogP contribution >= 0.6 is 0 Å². The molecular weight excluding hydrogens is 214 g/mol. The van der Waals surface area contributed by atoms with Crippen molar-refractivity contribution in [2.45, 2.75) is 64.1 Å². The third kappa shape index (κ3) is 4.28. The first-order valence-electron chi connectivity index (χ1n) is 6.80. The van der Waals surface area contributed by atoms with Crippen LogP contribution in [0, 0.1) is 0 Å². The Labute approximate surface area is 105 Å². The molecule has 0 saturated heterocycles. The third-order valence-electron chi connectivity index (χ3n) is 3.98. The summed E-state index contributed by atoms with van der Waals surface area (Å²) in [6, 6.07) is 1.03. The molecule has 0 aliphatic heterocycles. The van der Waals surface area contributed by atoms with Crippen molar-refractivity contribution in [3.63, 3.8) is 0 Å². The van der Waals surface area contributed by atoms with Crippen LogP contribution in [-0.2, 0) is 4.79 Å². The topological polar surface area (TPSA) is 58.4 Å². The lowest BCUT2D eigenvalue weighted by atomic mass is 9.89. The van der Waals surface area contributed by atoms with Gasteiger partial charge in [0.05, 0.1) is 6.04 Å². The van der Waals surface area contributed by atoms with E-state index in [0.29, 0.717) is 12.1 Å². The number of hydrogen-bond acceptors (Lipinski definition) is 3. The van der Waals surface area contributed by atoms with E-state index in [0.717, 1.165) is 19.4 Å². The monoisotopic (exact) mass is 241 g/mol. The van der Waals surface area contributed by atoms with Gasteiger partial charge in [-0.25, -0.2) is 0 Å². The number of nitrogens with zero attached hydrogens (tertiary/aromatic N) is 1. The van der Waals surface area contributed by atoms with E-state index in [1.807, 2.05) is 14.0 Å². The number of primary amides is 1. The van der Waals surface area contributed by atoms with Crippen molar-refractivity contribution >= 4 is 5.91 Å². The van der Waals surface area contributed by atoms with Crippen molar-refractivity contribution in [2.75, 3.05) is 13.6 Å². The van der Waals surface area contributed by atoms with Gasteiger partial charge in [0.2, 0.25) is 5.91 Å². The summed E-state index contributed by atoms with van der Waals surface area (Å²) in [5.74, 6) is -0.223. The molecule has 0 radical (unpaired) electrons. The van der Waals surface area contributed by atoms with Gasteiger partial charge < -0.3 is 11.1 Å². The Morgan fingerprint density at radius 1 is 1.41 bits per heavy atom. The first-order valence-corrected chi connectivity index (χ1v) is 6.80. The predicted octanol–water partition coefficient (Wildman–Crippen LogP) is 1.10. The molecule has 4 heteroatoms. The van der Waals surface area contributed by atoms with Gasteiger partial charge in [0.15, 0.2) is 0 Å². The van der Waals surface area contributed by atoms with Gasteiger partial charge >= 0.3 is 0 Å². The molecule has 0 heterocycles. The quantitative estimate of drug-likeness (QED) is 0.732. The Morgan fingerprint density at radius 2 is 2.00 bits per heavy atom. The highest BCUT2D eigenvalue weighted by Crippen LogP contribution is 2.23. The SMILES string of the molecule is CCCNC1CCC(N(C)C(C)C(N)=O)CC1. The molecule has 1 fully saturated rings. The minimum Gasteiger partial charge on any atom is -0.368 e. The van der Waals surface area contributed by atoms with E-state index in [2.05, 4.69) is 17.1 Å². The zero-order valence-electron chi connectivity index (χ0n) is 11.4. The largest absolute Gasteiger partial charge is 0.368 e. The van der Waals surface area contributed by atoms with E-state index in [9.17, 15) is 4.79 Å². The van der Waals surface area contributed by atoms with Gasteiger partial charge in [0.25, 0.3) is 0 Å². The van der Waals surface area contributed by atoms with E-state index in [-0.39, 0.29) is 11.9 Å².